The second-order valence-electron chi connectivity index (χ2n) is 6.49. The number of hydrogen-bond donors (Lipinski definition) is 2. The first kappa shape index (κ1) is 20.1. The number of carbonyl (C=O) groups is 2. The zero-order chi connectivity index (χ0) is 21.0. The maximum atomic E-state index is 13.3. The highest BCUT2D eigenvalue weighted by molar-refractivity contribution is 5.89. The zero-order valence-electron chi connectivity index (χ0n) is 15.6. The number of fused-ring (bicyclic) bond motifs is 1. The number of benzene rings is 2. The van der Waals surface area contributed by atoms with Crippen molar-refractivity contribution < 1.29 is 23.1 Å². The van der Waals surface area contributed by atoms with Crippen LogP contribution in [0.25, 0.3) is 11.0 Å². The minimum absolute atomic E-state index is 0.00134. The Bertz CT molecular complexity index is 1130. The molecule has 2 aromatic carbocycles. The van der Waals surface area contributed by atoms with Crippen LogP contribution in [0.1, 0.15) is 11.1 Å². The van der Waals surface area contributed by atoms with Crippen molar-refractivity contribution in [3.05, 3.63) is 75.9 Å². The molecule has 8 heteroatoms. The quantitative estimate of drug-likeness (QED) is 0.589. The van der Waals surface area contributed by atoms with E-state index in [1.807, 2.05) is 0 Å². The zero-order valence-corrected chi connectivity index (χ0v) is 15.6. The third-order valence-electron chi connectivity index (χ3n) is 4.39. The predicted octanol–water partition coefficient (Wildman–Crippen LogP) is 1.70. The fourth-order valence-corrected chi connectivity index (χ4v) is 3.03. The Morgan fingerprint density at radius 3 is 2.69 bits per heavy atom. The Hall–Kier alpha value is -3.68. The molecule has 0 aliphatic carbocycles. The molecule has 0 saturated carbocycles. The lowest BCUT2D eigenvalue weighted by atomic mass is 10.0. The van der Waals surface area contributed by atoms with Crippen molar-refractivity contribution >= 4 is 22.8 Å². The van der Waals surface area contributed by atoms with Gasteiger partial charge in [0.2, 0.25) is 11.8 Å². The third-order valence-corrected chi connectivity index (χ3v) is 4.39. The lowest BCUT2D eigenvalue weighted by Gasteiger charge is -2.16. The van der Waals surface area contributed by atoms with Crippen LogP contribution in [0.2, 0.25) is 0 Å². The average molecular weight is 398 g/mol. The van der Waals surface area contributed by atoms with Gasteiger partial charge in [0.1, 0.15) is 23.2 Å². The minimum atomic E-state index is -1.05. The summed E-state index contributed by atoms with van der Waals surface area (Å²) >= 11 is 0. The predicted molar refractivity (Wildman–Crippen MR) is 104 cm³/mol. The summed E-state index contributed by atoms with van der Waals surface area (Å²) in [4.78, 5) is 36.1. The first-order valence-corrected chi connectivity index (χ1v) is 8.79. The van der Waals surface area contributed by atoms with Gasteiger partial charge in [-0.25, -0.2) is 9.18 Å². The molecule has 7 nitrogen and oxygen atoms in total. The number of nitrogens with one attached hydrogen (secondary N) is 1. The van der Waals surface area contributed by atoms with Gasteiger partial charge in [-0.15, -0.1) is 0 Å². The van der Waals surface area contributed by atoms with Crippen LogP contribution in [0, 0.1) is 5.82 Å². The molecule has 0 bridgehead atoms. The number of methoxy groups -OCH3 is 1. The normalized spacial score (nSPS) is 11.8. The van der Waals surface area contributed by atoms with E-state index >= 15 is 0 Å². The molecule has 0 spiro atoms. The Morgan fingerprint density at radius 1 is 1.21 bits per heavy atom. The lowest BCUT2D eigenvalue weighted by molar-refractivity contribution is -0.126. The van der Waals surface area contributed by atoms with Crippen LogP contribution in [-0.4, -0.2) is 25.0 Å². The van der Waals surface area contributed by atoms with Crippen LogP contribution < -0.4 is 21.4 Å². The van der Waals surface area contributed by atoms with Crippen molar-refractivity contribution in [1.82, 2.24) is 5.32 Å². The number of halogens is 1. The molecule has 1 heterocycles. The molecule has 0 radical (unpaired) electrons. The van der Waals surface area contributed by atoms with Crippen molar-refractivity contribution in [2.45, 2.75) is 18.9 Å². The van der Waals surface area contributed by atoms with Crippen LogP contribution in [0.15, 0.2) is 57.7 Å². The highest BCUT2D eigenvalue weighted by atomic mass is 19.1. The minimum Gasteiger partial charge on any atom is -0.497 e. The molecule has 3 N–H and O–H groups in total. The summed E-state index contributed by atoms with van der Waals surface area (Å²) in [5.74, 6) is -1.20. The van der Waals surface area contributed by atoms with Crippen LogP contribution in [-0.2, 0) is 22.4 Å². The highest BCUT2D eigenvalue weighted by Gasteiger charge is 2.21. The Morgan fingerprint density at radius 2 is 2.00 bits per heavy atom. The van der Waals surface area contributed by atoms with Crippen molar-refractivity contribution in [3.63, 3.8) is 0 Å². The van der Waals surface area contributed by atoms with E-state index in [1.54, 1.807) is 24.3 Å². The molecule has 0 fully saturated rings. The fraction of sp³-hybridized carbons (Fsp3) is 0.190. The first-order valence-electron chi connectivity index (χ1n) is 8.79. The summed E-state index contributed by atoms with van der Waals surface area (Å²) < 4.78 is 23.6. The molecule has 0 aliphatic heterocycles. The summed E-state index contributed by atoms with van der Waals surface area (Å²) in [5.41, 5.74) is 6.09. The summed E-state index contributed by atoms with van der Waals surface area (Å²) in [5, 5.41) is 3.14. The van der Waals surface area contributed by atoms with Gasteiger partial charge in [-0.3, -0.25) is 9.59 Å². The van der Waals surface area contributed by atoms with Crippen molar-refractivity contribution in [2.75, 3.05) is 7.11 Å². The van der Waals surface area contributed by atoms with Crippen molar-refractivity contribution in [3.8, 4) is 5.75 Å². The summed E-state index contributed by atoms with van der Waals surface area (Å²) in [7, 11) is 1.49. The largest absolute Gasteiger partial charge is 0.497 e. The van der Waals surface area contributed by atoms with Gasteiger partial charge in [0.05, 0.1) is 13.5 Å². The number of nitrogens with two attached hydrogens (primary N) is 1. The van der Waals surface area contributed by atoms with E-state index in [0.29, 0.717) is 27.8 Å². The Labute approximate surface area is 165 Å². The number of ether oxygens (including phenoxy) is 1. The number of primary amides is 1. The third kappa shape index (κ3) is 4.98. The highest BCUT2D eigenvalue weighted by Crippen LogP contribution is 2.23. The maximum absolute atomic E-state index is 13.3. The summed E-state index contributed by atoms with van der Waals surface area (Å²) in [6.45, 7) is 0. The molecule has 1 atom stereocenters. The van der Waals surface area contributed by atoms with Crippen LogP contribution in [0.5, 0.6) is 5.75 Å². The summed E-state index contributed by atoms with van der Waals surface area (Å²) in [6.07, 6.45) is -0.116. The van der Waals surface area contributed by atoms with Crippen LogP contribution in [0.3, 0.4) is 0 Å². The van der Waals surface area contributed by atoms with E-state index in [4.69, 9.17) is 14.9 Å². The van der Waals surface area contributed by atoms with E-state index in [-0.39, 0.29) is 12.8 Å². The van der Waals surface area contributed by atoms with E-state index in [2.05, 4.69) is 5.32 Å². The SMILES string of the molecule is COc1ccc2c(C[C@H](NC(=O)Cc3cccc(F)c3)C(N)=O)cc(=O)oc2c1. The monoisotopic (exact) mass is 398 g/mol. The lowest BCUT2D eigenvalue weighted by Crippen LogP contribution is -2.46. The number of hydrogen-bond acceptors (Lipinski definition) is 5. The van der Waals surface area contributed by atoms with Crippen LogP contribution >= 0.6 is 0 Å². The van der Waals surface area contributed by atoms with E-state index in [9.17, 15) is 18.8 Å². The van der Waals surface area contributed by atoms with Gasteiger partial charge in [0.25, 0.3) is 0 Å². The molecule has 0 unspecified atom stereocenters. The number of rotatable bonds is 7. The van der Waals surface area contributed by atoms with E-state index in [1.165, 1.54) is 31.4 Å². The van der Waals surface area contributed by atoms with Gasteiger partial charge in [0, 0.05) is 23.9 Å². The average Bonchev–Trinajstić information content (AvgIpc) is 2.66. The maximum Gasteiger partial charge on any atom is 0.336 e. The number of carbonyl (C=O) groups excluding carboxylic acids is 2. The van der Waals surface area contributed by atoms with Crippen molar-refractivity contribution in [2.24, 2.45) is 5.73 Å². The number of amides is 2. The van der Waals surface area contributed by atoms with Gasteiger partial charge in [-0.2, -0.15) is 0 Å². The van der Waals surface area contributed by atoms with Gasteiger partial charge in [-0.1, -0.05) is 12.1 Å². The van der Waals surface area contributed by atoms with Gasteiger partial charge in [0.15, 0.2) is 0 Å². The van der Waals surface area contributed by atoms with E-state index < -0.39 is 29.3 Å². The molecule has 29 heavy (non-hydrogen) atoms. The molecule has 1 aromatic heterocycles. The van der Waals surface area contributed by atoms with Gasteiger partial charge < -0.3 is 20.2 Å². The smallest absolute Gasteiger partial charge is 0.336 e. The van der Waals surface area contributed by atoms with Gasteiger partial charge >= 0.3 is 5.63 Å². The first-order chi connectivity index (χ1) is 13.9. The van der Waals surface area contributed by atoms with Crippen molar-refractivity contribution in [1.29, 1.82) is 0 Å². The van der Waals surface area contributed by atoms with Gasteiger partial charge in [-0.05, 0) is 35.4 Å². The standard InChI is InChI=1S/C21H19FN2O5/c1-28-15-5-6-16-13(10-20(26)29-18(16)11-15)9-17(21(23)27)24-19(25)8-12-3-2-4-14(22)7-12/h2-7,10-11,17H,8-9H2,1H3,(H2,23,27)(H,24,25)/t17-/m0/s1. The second-order valence-corrected chi connectivity index (χ2v) is 6.49. The molecular formula is C21H19FN2O5. The Kier molecular flexibility index (Phi) is 5.92. The molecule has 0 saturated heterocycles. The molecule has 0 aliphatic rings. The molecule has 2 amide bonds. The molecule has 3 aromatic rings. The van der Waals surface area contributed by atoms with E-state index in [0.717, 1.165) is 0 Å². The van der Waals surface area contributed by atoms with Crippen LogP contribution in [0.4, 0.5) is 4.39 Å². The second kappa shape index (κ2) is 8.55. The topological polar surface area (TPSA) is 112 Å². The summed E-state index contributed by atoms with van der Waals surface area (Å²) in [6, 6.07) is 10.7. The molecular weight excluding hydrogens is 379 g/mol. The Balaban J connectivity index is 1.82. The molecule has 150 valence electrons. The fourth-order valence-electron chi connectivity index (χ4n) is 3.03. The molecule has 3 rings (SSSR count).